The van der Waals surface area contributed by atoms with Gasteiger partial charge in [0.1, 0.15) is 6.23 Å². The monoisotopic (exact) mass is 219 g/mol. The lowest BCUT2D eigenvalue weighted by Crippen LogP contribution is -2.31. The summed E-state index contributed by atoms with van der Waals surface area (Å²) in [4.78, 5) is 2.35. The fraction of sp³-hybridized carbons (Fsp3) is 0.571. The molecule has 0 N–H and O–H groups in total. The summed E-state index contributed by atoms with van der Waals surface area (Å²) in [7, 11) is 2.16. The Balaban J connectivity index is 2.13. The molecule has 1 aromatic carbocycles. The van der Waals surface area contributed by atoms with Gasteiger partial charge in [0.25, 0.3) is 0 Å². The molecule has 2 heteroatoms. The molecule has 88 valence electrons. The topological polar surface area (TPSA) is 12.5 Å². The van der Waals surface area contributed by atoms with Crippen molar-refractivity contribution in [3.63, 3.8) is 0 Å². The van der Waals surface area contributed by atoms with Gasteiger partial charge in [-0.15, -0.1) is 0 Å². The van der Waals surface area contributed by atoms with Crippen LogP contribution in [0.3, 0.4) is 0 Å². The van der Waals surface area contributed by atoms with Crippen molar-refractivity contribution < 1.29 is 4.74 Å². The van der Waals surface area contributed by atoms with Gasteiger partial charge >= 0.3 is 0 Å². The van der Waals surface area contributed by atoms with Crippen molar-refractivity contribution in [3.8, 4) is 0 Å². The second kappa shape index (κ2) is 4.98. The highest BCUT2D eigenvalue weighted by Gasteiger charge is 2.36. The van der Waals surface area contributed by atoms with Crippen LogP contribution >= 0.6 is 0 Å². The van der Waals surface area contributed by atoms with Crippen molar-refractivity contribution in [2.24, 2.45) is 0 Å². The molecule has 0 aliphatic carbocycles. The first-order valence-electron chi connectivity index (χ1n) is 6.16. The molecule has 1 aromatic rings. The van der Waals surface area contributed by atoms with Crippen LogP contribution in [-0.4, -0.2) is 24.2 Å². The van der Waals surface area contributed by atoms with E-state index in [1.54, 1.807) is 0 Å². The van der Waals surface area contributed by atoms with Gasteiger partial charge in [-0.2, -0.15) is 0 Å². The highest BCUT2D eigenvalue weighted by molar-refractivity contribution is 5.20. The lowest BCUT2D eigenvalue weighted by atomic mass is 10.0. The first-order valence-corrected chi connectivity index (χ1v) is 6.16. The largest absolute Gasteiger partial charge is 0.354 e. The molecule has 1 aliphatic rings. The molecule has 0 saturated carbocycles. The molecule has 0 spiro atoms. The molecule has 1 aliphatic heterocycles. The van der Waals surface area contributed by atoms with E-state index in [-0.39, 0.29) is 12.3 Å². The van der Waals surface area contributed by atoms with E-state index in [1.807, 2.05) is 0 Å². The molecule has 0 aromatic heterocycles. The summed E-state index contributed by atoms with van der Waals surface area (Å²) in [6.45, 7) is 4.45. The van der Waals surface area contributed by atoms with E-state index in [2.05, 4.69) is 56.1 Å². The molecule has 1 heterocycles. The van der Waals surface area contributed by atoms with E-state index in [4.69, 9.17) is 4.74 Å². The highest BCUT2D eigenvalue weighted by atomic mass is 16.5. The Morgan fingerprint density at radius 2 is 1.94 bits per heavy atom. The van der Waals surface area contributed by atoms with Crippen LogP contribution in [0.2, 0.25) is 0 Å². The minimum Gasteiger partial charge on any atom is -0.354 e. The van der Waals surface area contributed by atoms with E-state index >= 15 is 0 Å². The summed E-state index contributed by atoms with van der Waals surface area (Å²) in [6, 6.07) is 11.0. The van der Waals surface area contributed by atoms with Gasteiger partial charge in [0.2, 0.25) is 0 Å². The van der Waals surface area contributed by atoms with Gasteiger partial charge in [0.15, 0.2) is 0 Å². The van der Waals surface area contributed by atoms with Crippen molar-refractivity contribution in [2.75, 3.05) is 7.05 Å². The predicted molar refractivity (Wildman–Crippen MR) is 66.2 cm³/mol. The lowest BCUT2D eigenvalue weighted by Gasteiger charge is -2.20. The van der Waals surface area contributed by atoms with Crippen LogP contribution in [0.4, 0.5) is 0 Å². The first kappa shape index (κ1) is 11.6. The van der Waals surface area contributed by atoms with Gasteiger partial charge in [-0.05, 0) is 26.0 Å². The van der Waals surface area contributed by atoms with E-state index < -0.39 is 0 Å². The molecule has 2 rings (SSSR count). The molecule has 2 nitrogen and oxygen atoms in total. The summed E-state index contributed by atoms with van der Waals surface area (Å²) < 4.78 is 6.14. The number of hydrogen-bond donors (Lipinski definition) is 0. The first-order chi connectivity index (χ1) is 7.74. The molecule has 1 fully saturated rings. The Labute approximate surface area is 98.2 Å². The minimum atomic E-state index is 0.225. The number of ether oxygens (including phenoxy) is 1. The van der Waals surface area contributed by atoms with Crippen molar-refractivity contribution in [2.45, 2.75) is 45.1 Å². The zero-order valence-electron chi connectivity index (χ0n) is 10.4. The number of hydrogen-bond acceptors (Lipinski definition) is 2. The van der Waals surface area contributed by atoms with Crippen molar-refractivity contribution in [3.05, 3.63) is 35.9 Å². The second-order valence-corrected chi connectivity index (χ2v) is 4.62. The molecule has 0 amide bonds. The van der Waals surface area contributed by atoms with Gasteiger partial charge in [0.05, 0.1) is 6.10 Å². The van der Waals surface area contributed by atoms with Crippen molar-refractivity contribution in [1.29, 1.82) is 0 Å². The predicted octanol–water partition coefficient (Wildman–Crippen LogP) is 3.20. The smallest absolute Gasteiger partial charge is 0.111 e. The summed E-state index contributed by atoms with van der Waals surface area (Å²) in [5.41, 5.74) is 1.29. The van der Waals surface area contributed by atoms with Crippen molar-refractivity contribution >= 4 is 0 Å². The van der Waals surface area contributed by atoms with Gasteiger partial charge < -0.3 is 4.74 Å². The maximum Gasteiger partial charge on any atom is 0.111 e. The molecule has 0 bridgehead atoms. The van der Waals surface area contributed by atoms with E-state index in [9.17, 15) is 0 Å². The van der Waals surface area contributed by atoms with Gasteiger partial charge in [-0.25, -0.2) is 0 Å². The fourth-order valence-electron chi connectivity index (χ4n) is 2.37. The molecule has 1 saturated heterocycles. The molecule has 3 unspecified atom stereocenters. The maximum atomic E-state index is 6.14. The normalized spacial score (nSPS) is 30.8. The quantitative estimate of drug-likeness (QED) is 0.774. The summed E-state index contributed by atoms with van der Waals surface area (Å²) in [5, 5.41) is 0. The van der Waals surface area contributed by atoms with Crippen LogP contribution in [-0.2, 0) is 4.74 Å². The van der Waals surface area contributed by atoms with Gasteiger partial charge in [0, 0.05) is 6.04 Å². The van der Waals surface area contributed by atoms with E-state index in [0.29, 0.717) is 6.04 Å². The van der Waals surface area contributed by atoms with Crippen LogP contribution < -0.4 is 0 Å². The maximum absolute atomic E-state index is 6.14. The summed E-state index contributed by atoms with van der Waals surface area (Å²) >= 11 is 0. The number of rotatable bonds is 3. The Morgan fingerprint density at radius 1 is 1.25 bits per heavy atom. The van der Waals surface area contributed by atoms with Crippen LogP contribution in [0.25, 0.3) is 0 Å². The fourth-order valence-corrected chi connectivity index (χ4v) is 2.37. The SMILES string of the molecule is CCCC1OC(c2ccccc2)C(C)N1C. The third-order valence-corrected chi connectivity index (χ3v) is 3.50. The molecular weight excluding hydrogens is 198 g/mol. The van der Waals surface area contributed by atoms with Gasteiger partial charge in [-0.1, -0.05) is 43.7 Å². The van der Waals surface area contributed by atoms with Crippen LogP contribution in [0.5, 0.6) is 0 Å². The van der Waals surface area contributed by atoms with E-state index in [0.717, 1.165) is 6.42 Å². The summed E-state index contributed by atoms with van der Waals surface area (Å²) in [6.07, 6.45) is 2.79. The van der Waals surface area contributed by atoms with Gasteiger partial charge in [-0.3, -0.25) is 4.90 Å². The Hall–Kier alpha value is -0.860. The third-order valence-electron chi connectivity index (χ3n) is 3.50. The average Bonchev–Trinajstić information content (AvgIpc) is 2.59. The summed E-state index contributed by atoms with van der Waals surface area (Å²) in [5.74, 6) is 0. The average molecular weight is 219 g/mol. The molecule has 3 atom stereocenters. The Bertz CT molecular complexity index is 325. The Kier molecular flexibility index (Phi) is 3.62. The number of likely N-dealkylation sites (N-methyl/N-ethyl adjacent to an activating group) is 1. The molecule has 0 radical (unpaired) electrons. The third kappa shape index (κ3) is 2.13. The highest BCUT2D eigenvalue weighted by Crippen LogP contribution is 2.34. The second-order valence-electron chi connectivity index (χ2n) is 4.62. The van der Waals surface area contributed by atoms with Crippen molar-refractivity contribution in [1.82, 2.24) is 4.90 Å². The lowest BCUT2D eigenvalue weighted by molar-refractivity contribution is 0.00144. The zero-order chi connectivity index (χ0) is 11.5. The number of nitrogens with zero attached hydrogens (tertiary/aromatic N) is 1. The standard InChI is InChI=1S/C14H21NO/c1-4-8-13-15(3)11(2)14(16-13)12-9-6-5-7-10-12/h5-7,9-11,13-14H,4,8H2,1-3H3. The van der Waals surface area contributed by atoms with E-state index in [1.165, 1.54) is 12.0 Å². The molecule has 16 heavy (non-hydrogen) atoms. The number of benzene rings is 1. The van der Waals surface area contributed by atoms with Crippen LogP contribution in [0.15, 0.2) is 30.3 Å². The zero-order valence-corrected chi connectivity index (χ0v) is 10.4. The Morgan fingerprint density at radius 3 is 2.56 bits per heavy atom. The minimum absolute atomic E-state index is 0.225. The van der Waals surface area contributed by atoms with Crippen LogP contribution in [0, 0.1) is 0 Å². The molecular formula is C14H21NO. The van der Waals surface area contributed by atoms with Crippen LogP contribution in [0.1, 0.15) is 38.4 Å².